The van der Waals surface area contributed by atoms with Crippen molar-refractivity contribution < 1.29 is 13.9 Å². The summed E-state index contributed by atoms with van der Waals surface area (Å²) < 4.78 is 19.9. The zero-order valence-corrected chi connectivity index (χ0v) is 18.3. The second-order valence-corrected chi connectivity index (χ2v) is 8.98. The van der Waals surface area contributed by atoms with Crippen molar-refractivity contribution in [3.05, 3.63) is 59.4 Å². The highest BCUT2D eigenvalue weighted by atomic mass is 19.1. The standard InChI is InChI=1S/C24H32FN3O2.CH4/c1-17-15-27(10-11-28(17)23(29)30-24(2,3)4)16-19-6-5-7-20(12-19)21-13-18(14-26)8-9-22(21)25;/h5-9,12-13,17H,10-11,14-16,26H2,1-4H3;1H4. The van der Waals surface area contributed by atoms with E-state index in [1.165, 1.54) is 6.07 Å². The Hall–Kier alpha value is -2.44. The van der Waals surface area contributed by atoms with Crippen LogP contribution in [0.2, 0.25) is 0 Å². The van der Waals surface area contributed by atoms with Crippen LogP contribution in [0.1, 0.15) is 46.2 Å². The maximum absolute atomic E-state index is 14.4. The van der Waals surface area contributed by atoms with Gasteiger partial charge >= 0.3 is 6.09 Å². The van der Waals surface area contributed by atoms with Crippen LogP contribution in [-0.4, -0.2) is 47.2 Å². The Kier molecular flexibility index (Phi) is 8.21. The van der Waals surface area contributed by atoms with Gasteiger partial charge in [0.2, 0.25) is 0 Å². The molecule has 1 amide bonds. The van der Waals surface area contributed by atoms with Crippen molar-refractivity contribution in [1.29, 1.82) is 0 Å². The first kappa shape index (κ1) is 24.8. The van der Waals surface area contributed by atoms with E-state index < -0.39 is 5.60 Å². The van der Waals surface area contributed by atoms with Gasteiger partial charge in [-0.25, -0.2) is 9.18 Å². The molecule has 0 radical (unpaired) electrons. The number of halogens is 1. The smallest absolute Gasteiger partial charge is 0.410 e. The number of amides is 1. The van der Waals surface area contributed by atoms with Crippen LogP contribution in [0.4, 0.5) is 9.18 Å². The molecule has 1 aliphatic rings. The summed E-state index contributed by atoms with van der Waals surface area (Å²) >= 11 is 0. The van der Waals surface area contributed by atoms with Gasteiger partial charge in [-0.05, 0) is 62.6 Å². The van der Waals surface area contributed by atoms with Crippen LogP contribution in [0.15, 0.2) is 42.5 Å². The van der Waals surface area contributed by atoms with Crippen molar-refractivity contribution in [3.8, 4) is 11.1 Å². The SMILES string of the molecule is C.CC1CN(Cc2cccc(-c3cc(CN)ccc3F)c2)CCN1C(=O)OC(C)(C)C. The molecule has 0 spiro atoms. The molecule has 0 saturated carbocycles. The van der Waals surface area contributed by atoms with E-state index in [-0.39, 0.29) is 25.4 Å². The number of ether oxygens (including phenoxy) is 1. The molecule has 0 bridgehead atoms. The van der Waals surface area contributed by atoms with Crippen LogP contribution >= 0.6 is 0 Å². The minimum absolute atomic E-state index is 0. The molecule has 1 unspecified atom stereocenters. The maximum Gasteiger partial charge on any atom is 0.410 e. The van der Waals surface area contributed by atoms with E-state index in [1.807, 2.05) is 52.0 Å². The van der Waals surface area contributed by atoms with Crippen molar-refractivity contribution in [3.63, 3.8) is 0 Å². The maximum atomic E-state index is 14.4. The molecule has 5 nitrogen and oxygen atoms in total. The number of piperazine rings is 1. The van der Waals surface area contributed by atoms with Gasteiger partial charge in [0.15, 0.2) is 0 Å². The largest absolute Gasteiger partial charge is 0.444 e. The molecule has 0 aliphatic carbocycles. The van der Waals surface area contributed by atoms with Gasteiger partial charge in [-0.2, -0.15) is 0 Å². The predicted octanol–water partition coefficient (Wildman–Crippen LogP) is 5.03. The monoisotopic (exact) mass is 429 g/mol. The lowest BCUT2D eigenvalue weighted by atomic mass is 10.00. The Balaban J connectivity index is 0.00000341. The lowest BCUT2D eigenvalue weighted by Crippen LogP contribution is -2.54. The molecule has 2 N–H and O–H groups in total. The summed E-state index contributed by atoms with van der Waals surface area (Å²) in [5.41, 5.74) is 8.66. The molecule has 170 valence electrons. The van der Waals surface area contributed by atoms with E-state index in [9.17, 15) is 9.18 Å². The lowest BCUT2D eigenvalue weighted by Gasteiger charge is -2.40. The third-order valence-electron chi connectivity index (χ3n) is 5.25. The first-order valence-corrected chi connectivity index (χ1v) is 10.5. The fourth-order valence-electron chi connectivity index (χ4n) is 3.78. The van der Waals surface area contributed by atoms with Crippen molar-refractivity contribution in [1.82, 2.24) is 9.80 Å². The van der Waals surface area contributed by atoms with Crippen molar-refractivity contribution in [2.45, 2.75) is 59.9 Å². The molecule has 1 aliphatic heterocycles. The highest BCUT2D eigenvalue weighted by molar-refractivity contribution is 5.68. The molecule has 2 aromatic rings. The van der Waals surface area contributed by atoms with Crippen LogP contribution in [-0.2, 0) is 17.8 Å². The number of carbonyl (C=O) groups excluding carboxylic acids is 1. The van der Waals surface area contributed by atoms with Crippen LogP contribution in [0.25, 0.3) is 11.1 Å². The number of carbonyl (C=O) groups is 1. The average Bonchev–Trinajstić information content (AvgIpc) is 2.67. The predicted molar refractivity (Wildman–Crippen MR) is 124 cm³/mol. The Morgan fingerprint density at radius 1 is 1.16 bits per heavy atom. The van der Waals surface area contributed by atoms with Gasteiger partial charge in [0.25, 0.3) is 0 Å². The Morgan fingerprint density at radius 3 is 2.55 bits per heavy atom. The first-order chi connectivity index (χ1) is 14.2. The second-order valence-electron chi connectivity index (χ2n) is 8.98. The third-order valence-corrected chi connectivity index (χ3v) is 5.25. The molecule has 1 saturated heterocycles. The molecule has 2 aromatic carbocycles. The van der Waals surface area contributed by atoms with E-state index in [0.717, 1.165) is 36.3 Å². The molecule has 6 heteroatoms. The topological polar surface area (TPSA) is 58.8 Å². The molecule has 31 heavy (non-hydrogen) atoms. The fourth-order valence-corrected chi connectivity index (χ4v) is 3.78. The summed E-state index contributed by atoms with van der Waals surface area (Å²) in [6.07, 6.45) is -0.257. The summed E-state index contributed by atoms with van der Waals surface area (Å²) in [6.45, 7) is 11.0. The van der Waals surface area contributed by atoms with E-state index >= 15 is 0 Å². The van der Waals surface area contributed by atoms with Crippen molar-refractivity contribution >= 4 is 6.09 Å². The highest BCUT2D eigenvalue weighted by Gasteiger charge is 2.30. The first-order valence-electron chi connectivity index (χ1n) is 10.5. The van der Waals surface area contributed by atoms with Gasteiger partial charge in [-0.1, -0.05) is 31.7 Å². The average molecular weight is 430 g/mol. The Bertz CT molecular complexity index is 895. The van der Waals surface area contributed by atoms with Gasteiger partial charge in [0.05, 0.1) is 0 Å². The molecule has 1 fully saturated rings. The van der Waals surface area contributed by atoms with E-state index in [2.05, 4.69) is 11.0 Å². The van der Waals surface area contributed by atoms with E-state index in [1.54, 1.807) is 11.0 Å². The molecule has 3 rings (SSSR count). The van der Waals surface area contributed by atoms with Gasteiger partial charge in [0.1, 0.15) is 11.4 Å². The third kappa shape index (κ3) is 6.52. The van der Waals surface area contributed by atoms with Gasteiger partial charge < -0.3 is 15.4 Å². The minimum Gasteiger partial charge on any atom is -0.444 e. The number of rotatable bonds is 4. The Morgan fingerprint density at radius 2 is 1.90 bits per heavy atom. The normalized spacial score (nSPS) is 17.2. The summed E-state index contributed by atoms with van der Waals surface area (Å²) in [5, 5.41) is 0. The van der Waals surface area contributed by atoms with E-state index in [4.69, 9.17) is 10.5 Å². The number of benzene rings is 2. The highest BCUT2D eigenvalue weighted by Crippen LogP contribution is 2.26. The van der Waals surface area contributed by atoms with Crippen LogP contribution in [0, 0.1) is 5.82 Å². The summed E-state index contributed by atoms with van der Waals surface area (Å²) in [7, 11) is 0. The van der Waals surface area contributed by atoms with Crippen LogP contribution in [0.5, 0.6) is 0 Å². The second kappa shape index (κ2) is 10.2. The zero-order chi connectivity index (χ0) is 21.9. The van der Waals surface area contributed by atoms with Crippen molar-refractivity contribution in [2.24, 2.45) is 5.73 Å². The van der Waals surface area contributed by atoms with Gasteiger partial charge in [0, 0.05) is 44.3 Å². The summed E-state index contributed by atoms with van der Waals surface area (Å²) in [6, 6.07) is 13.0. The number of hydrogen-bond acceptors (Lipinski definition) is 4. The number of nitrogens with two attached hydrogens (primary N) is 1. The van der Waals surface area contributed by atoms with Gasteiger partial charge in [-0.15, -0.1) is 0 Å². The van der Waals surface area contributed by atoms with Crippen LogP contribution in [0.3, 0.4) is 0 Å². The quantitative estimate of drug-likeness (QED) is 0.741. The Labute approximate surface area is 186 Å². The van der Waals surface area contributed by atoms with E-state index in [0.29, 0.717) is 18.7 Å². The van der Waals surface area contributed by atoms with Gasteiger partial charge in [-0.3, -0.25) is 4.90 Å². The lowest BCUT2D eigenvalue weighted by molar-refractivity contribution is 0.000563. The minimum atomic E-state index is -0.495. The fraction of sp³-hybridized carbons (Fsp3) is 0.480. The summed E-state index contributed by atoms with van der Waals surface area (Å²) in [5.74, 6) is -0.246. The number of nitrogens with zero attached hydrogens (tertiary/aromatic N) is 2. The van der Waals surface area contributed by atoms with Crippen LogP contribution < -0.4 is 5.73 Å². The molecular formula is C25H36FN3O2. The van der Waals surface area contributed by atoms with Crippen molar-refractivity contribution in [2.75, 3.05) is 19.6 Å². The molecule has 0 aromatic heterocycles. The summed E-state index contributed by atoms with van der Waals surface area (Å²) in [4.78, 5) is 16.5. The molecule has 1 atom stereocenters. The zero-order valence-electron chi connectivity index (χ0n) is 18.3. The molecular weight excluding hydrogens is 393 g/mol. The molecule has 1 heterocycles. The number of hydrogen-bond donors (Lipinski definition) is 1.